The van der Waals surface area contributed by atoms with E-state index in [1.54, 1.807) is 24.3 Å². The number of amides is 1. The average molecular weight is 456 g/mol. The summed E-state index contributed by atoms with van der Waals surface area (Å²) in [5.74, 6) is -0.338. The maximum atomic E-state index is 12.3. The quantitative estimate of drug-likeness (QED) is 0.673. The van der Waals surface area contributed by atoms with Crippen LogP contribution in [0.5, 0.6) is 5.75 Å². The van der Waals surface area contributed by atoms with Crippen molar-refractivity contribution in [2.24, 2.45) is 0 Å². The topological polar surface area (TPSA) is 71.1 Å². The SMILES string of the molecule is CCN1CCN(c2ccc(NC(=O)COC(=O)C3=Cc4cc(Cl)ccc4OC3)cc2)CC1. The van der Waals surface area contributed by atoms with Gasteiger partial charge in [-0.2, -0.15) is 0 Å². The summed E-state index contributed by atoms with van der Waals surface area (Å²) in [4.78, 5) is 29.3. The van der Waals surface area contributed by atoms with Crippen molar-refractivity contribution in [2.45, 2.75) is 6.92 Å². The number of carbonyl (C=O) groups excluding carboxylic acids is 2. The highest BCUT2D eigenvalue weighted by Crippen LogP contribution is 2.29. The molecule has 168 valence electrons. The largest absolute Gasteiger partial charge is 0.488 e. The van der Waals surface area contributed by atoms with Crippen LogP contribution in [0.15, 0.2) is 48.0 Å². The normalized spacial score (nSPS) is 15.9. The zero-order valence-corrected chi connectivity index (χ0v) is 18.7. The summed E-state index contributed by atoms with van der Waals surface area (Å²) in [5.41, 5.74) is 2.83. The summed E-state index contributed by atoms with van der Waals surface area (Å²) in [6.07, 6.45) is 1.67. The summed E-state index contributed by atoms with van der Waals surface area (Å²) in [6, 6.07) is 12.9. The van der Waals surface area contributed by atoms with Crippen molar-refractivity contribution < 1.29 is 19.1 Å². The van der Waals surface area contributed by atoms with Gasteiger partial charge in [-0.3, -0.25) is 4.79 Å². The van der Waals surface area contributed by atoms with E-state index in [4.69, 9.17) is 21.1 Å². The lowest BCUT2D eigenvalue weighted by atomic mass is 10.1. The summed E-state index contributed by atoms with van der Waals surface area (Å²) in [5, 5.41) is 3.31. The lowest BCUT2D eigenvalue weighted by Gasteiger charge is -2.35. The third kappa shape index (κ3) is 5.41. The Morgan fingerprint density at radius 3 is 2.56 bits per heavy atom. The standard InChI is InChI=1S/C24H26ClN3O4/c1-2-27-9-11-28(12-10-27)21-6-4-20(5-7-21)26-23(29)16-32-24(30)18-13-17-14-19(25)3-8-22(17)31-15-18/h3-8,13-14H,2,9-12,15-16H2,1H3,(H,26,29). The second kappa shape index (κ2) is 10.1. The molecule has 2 aromatic carbocycles. The van der Waals surface area contributed by atoms with Crippen LogP contribution in [-0.2, 0) is 14.3 Å². The van der Waals surface area contributed by atoms with Crippen LogP contribution in [0.3, 0.4) is 0 Å². The van der Waals surface area contributed by atoms with E-state index in [0.29, 0.717) is 27.6 Å². The Balaban J connectivity index is 1.26. The van der Waals surface area contributed by atoms with Crippen LogP contribution in [0.2, 0.25) is 5.02 Å². The van der Waals surface area contributed by atoms with Crippen molar-refractivity contribution in [3.8, 4) is 5.75 Å². The van der Waals surface area contributed by atoms with Gasteiger partial charge in [0.25, 0.3) is 5.91 Å². The molecule has 0 aliphatic carbocycles. The number of likely N-dealkylation sites (N-methyl/N-ethyl adjacent to an activating group) is 1. The predicted octanol–water partition coefficient (Wildman–Crippen LogP) is 3.44. The minimum atomic E-state index is -0.590. The number of carbonyl (C=O) groups is 2. The first kappa shape index (κ1) is 22.2. The molecule has 1 saturated heterocycles. The molecule has 0 unspecified atom stereocenters. The van der Waals surface area contributed by atoms with Crippen molar-refractivity contribution in [2.75, 3.05) is 56.2 Å². The smallest absolute Gasteiger partial charge is 0.338 e. The first-order valence-corrected chi connectivity index (χ1v) is 11.1. The van der Waals surface area contributed by atoms with Gasteiger partial charge >= 0.3 is 5.97 Å². The van der Waals surface area contributed by atoms with E-state index in [-0.39, 0.29) is 13.2 Å². The Hall–Kier alpha value is -3.03. The van der Waals surface area contributed by atoms with Gasteiger partial charge in [-0.1, -0.05) is 18.5 Å². The van der Waals surface area contributed by atoms with Gasteiger partial charge in [0.2, 0.25) is 0 Å². The number of nitrogens with one attached hydrogen (secondary N) is 1. The van der Waals surface area contributed by atoms with Crippen LogP contribution < -0.4 is 15.0 Å². The number of esters is 1. The van der Waals surface area contributed by atoms with Gasteiger partial charge in [-0.15, -0.1) is 0 Å². The zero-order chi connectivity index (χ0) is 22.5. The van der Waals surface area contributed by atoms with Crippen molar-refractivity contribution in [3.05, 3.63) is 58.6 Å². The van der Waals surface area contributed by atoms with Gasteiger partial charge in [-0.05, 0) is 55.1 Å². The highest BCUT2D eigenvalue weighted by atomic mass is 35.5. The summed E-state index contributed by atoms with van der Waals surface area (Å²) in [6.45, 7) is 7.06. The van der Waals surface area contributed by atoms with Crippen LogP contribution in [0.1, 0.15) is 12.5 Å². The third-order valence-corrected chi connectivity index (χ3v) is 5.85. The number of benzene rings is 2. The molecule has 0 atom stereocenters. The van der Waals surface area contributed by atoms with E-state index >= 15 is 0 Å². The van der Waals surface area contributed by atoms with E-state index in [1.807, 2.05) is 24.3 Å². The number of piperazine rings is 1. The molecule has 2 heterocycles. The summed E-state index contributed by atoms with van der Waals surface area (Å²) >= 11 is 5.99. The first-order valence-electron chi connectivity index (χ1n) is 10.7. The van der Waals surface area contributed by atoms with Crippen LogP contribution in [-0.4, -0.2) is 62.7 Å². The molecule has 4 rings (SSSR count). The number of rotatable bonds is 6. The van der Waals surface area contributed by atoms with Gasteiger partial charge in [-0.25, -0.2) is 4.79 Å². The number of halogens is 1. The lowest BCUT2D eigenvalue weighted by Crippen LogP contribution is -2.46. The molecule has 0 radical (unpaired) electrons. The highest BCUT2D eigenvalue weighted by molar-refractivity contribution is 6.30. The maximum absolute atomic E-state index is 12.3. The fourth-order valence-corrected chi connectivity index (χ4v) is 3.95. The molecule has 0 aromatic heterocycles. The number of anilines is 2. The van der Waals surface area contributed by atoms with E-state index in [2.05, 4.69) is 22.0 Å². The Morgan fingerprint density at radius 1 is 1.09 bits per heavy atom. The maximum Gasteiger partial charge on any atom is 0.338 e. The number of nitrogens with zero attached hydrogens (tertiary/aromatic N) is 2. The van der Waals surface area contributed by atoms with Gasteiger partial charge in [0, 0.05) is 48.1 Å². The minimum absolute atomic E-state index is 0.0864. The Bertz CT molecular complexity index is 1010. The molecule has 7 nitrogen and oxygen atoms in total. The van der Waals surface area contributed by atoms with Crippen molar-refractivity contribution >= 4 is 40.9 Å². The summed E-state index contributed by atoms with van der Waals surface area (Å²) in [7, 11) is 0. The average Bonchev–Trinajstić information content (AvgIpc) is 2.82. The molecule has 1 N–H and O–H groups in total. The van der Waals surface area contributed by atoms with Gasteiger partial charge in [0.1, 0.15) is 12.4 Å². The monoisotopic (exact) mass is 455 g/mol. The highest BCUT2D eigenvalue weighted by Gasteiger charge is 2.20. The van der Waals surface area contributed by atoms with Crippen LogP contribution >= 0.6 is 11.6 Å². The number of ether oxygens (including phenoxy) is 2. The molecule has 0 spiro atoms. The molecule has 2 aliphatic heterocycles. The first-order chi connectivity index (χ1) is 15.5. The summed E-state index contributed by atoms with van der Waals surface area (Å²) < 4.78 is 10.7. The number of hydrogen-bond donors (Lipinski definition) is 1. The molecule has 8 heteroatoms. The van der Waals surface area contributed by atoms with Crippen molar-refractivity contribution in [3.63, 3.8) is 0 Å². The van der Waals surface area contributed by atoms with Gasteiger partial charge < -0.3 is 24.6 Å². The van der Waals surface area contributed by atoms with Crippen LogP contribution in [0.4, 0.5) is 11.4 Å². The van der Waals surface area contributed by atoms with E-state index in [9.17, 15) is 9.59 Å². The van der Waals surface area contributed by atoms with E-state index in [1.165, 1.54) is 0 Å². The van der Waals surface area contributed by atoms with Crippen LogP contribution in [0.25, 0.3) is 6.08 Å². The van der Waals surface area contributed by atoms with Crippen molar-refractivity contribution in [1.82, 2.24) is 4.90 Å². The molecule has 0 bridgehead atoms. The number of hydrogen-bond acceptors (Lipinski definition) is 6. The van der Waals surface area contributed by atoms with Gasteiger partial charge in [0.15, 0.2) is 6.61 Å². The Morgan fingerprint density at radius 2 is 1.84 bits per heavy atom. The Labute approximate surface area is 192 Å². The second-order valence-electron chi connectivity index (χ2n) is 7.73. The van der Waals surface area contributed by atoms with E-state index < -0.39 is 11.9 Å². The second-order valence-corrected chi connectivity index (χ2v) is 8.17. The number of fused-ring (bicyclic) bond motifs is 1. The Kier molecular flexibility index (Phi) is 6.97. The zero-order valence-electron chi connectivity index (χ0n) is 18.0. The molecular weight excluding hydrogens is 430 g/mol. The molecule has 1 fully saturated rings. The predicted molar refractivity (Wildman–Crippen MR) is 125 cm³/mol. The molecule has 1 amide bonds. The molecular formula is C24H26ClN3O4. The van der Waals surface area contributed by atoms with Crippen LogP contribution in [0, 0.1) is 0 Å². The minimum Gasteiger partial charge on any atom is -0.488 e. The van der Waals surface area contributed by atoms with Gasteiger partial charge in [0.05, 0.1) is 5.57 Å². The molecule has 32 heavy (non-hydrogen) atoms. The van der Waals surface area contributed by atoms with E-state index in [0.717, 1.165) is 38.4 Å². The fourth-order valence-electron chi connectivity index (χ4n) is 3.77. The third-order valence-electron chi connectivity index (χ3n) is 5.62. The molecule has 2 aliphatic rings. The molecule has 0 saturated carbocycles. The van der Waals surface area contributed by atoms with Crippen molar-refractivity contribution in [1.29, 1.82) is 0 Å². The lowest BCUT2D eigenvalue weighted by molar-refractivity contribution is -0.143. The molecule has 2 aromatic rings. The fraction of sp³-hybridized carbons (Fsp3) is 0.333.